The molecule has 8 heteroatoms. The van der Waals surface area contributed by atoms with E-state index in [0.717, 1.165) is 5.56 Å². The Morgan fingerprint density at radius 1 is 1.18 bits per heavy atom. The molecule has 3 aromatic rings. The fourth-order valence-electron chi connectivity index (χ4n) is 2.74. The number of aromatic nitrogens is 1. The van der Waals surface area contributed by atoms with Crippen molar-refractivity contribution in [1.82, 2.24) is 10.3 Å². The lowest BCUT2D eigenvalue weighted by molar-refractivity contribution is -0.137. The summed E-state index contributed by atoms with van der Waals surface area (Å²) in [5.74, 6) is -1.01. The molecule has 144 valence electrons. The zero-order valence-corrected chi connectivity index (χ0v) is 16.3. The second-order valence-corrected chi connectivity index (χ2v) is 6.92. The molecule has 0 radical (unpaired) electrons. The van der Waals surface area contributed by atoms with Crippen molar-refractivity contribution in [3.05, 3.63) is 75.6 Å². The fourth-order valence-corrected chi connectivity index (χ4v) is 3.28. The van der Waals surface area contributed by atoms with Crippen LogP contribution in [0.3, 0.4) is 0 Å². The van der Waals surface area contributed by atoms with Gasteiger partial charge in [-0.1, -0.05) is 47.5 Å². The summed E-state index contributed by atoms with van der Waals surface area (Å²) in [6.07, 6.45) is -0.352. The number of carbonyl (C=O) groups excluding carboxylic acids is 1. The van der Waals surface area contributed by atoms with Crippen molar-refractivity contribution in [2.24, 2.45) is 0 Å². The van der Waals surface area contributed by atoms with Gasteiger partial charge in [0.25, 0.3) is 5.91 Å². The molecule has 2 aromatic carbocycles. The van der Waals surface area contributed by atoms with Gasteiger partial charge in [-0.05, 0) is 36.8 Å². The van der Waals surface area contributed by atoms with Crippen LogP contribution < -0.4 is 5.32 Å². The van der Waals surface area contributed by atoms with Crippen molar-refractivity contribution in [2.45, 2.75) is 19.4 Å². The molecule has 0 spiro atoms. The number of aliphatic carboxylic acids is 1. The standard InChI is InChI=1S/C20H16Cl2N2O4/c1-11-18(24-20(28-11)12-5-3-2-4-6-12)19(27)23-16(10-17(25)26)14-8-7-13(21)9-15(14)22/h2-9,16H,10H2,1H3,(H,23,27)(H,25,26). The highest BCUT2D eigenvalue weighted by atomic mass is 35.5. The molecule has 3 rings (SSSR count). The Labute approximate surface area is 171 Å². The van der Waals surface area contributed by atoms with Crippen LogP contribution in [0.1, 0.15) is 34.3 Å². The van der Waals surface area contributed by atoms with Gasteiger partial charge in [-0.15, -0.1) is 0 Å². The van der Waals surface area contributed by atoms with Crippen LogP contribution in [0.2, 0.25) is 10.0 Å². The molecular weight excluding hydrogens is 403 g/mol. The SMILES string of the molecule is Cc1oc(-c2ccccc2)nc1C(=O)NC(CC(=O)O)c1ccc(Cl)cc1Cl. The van der Waals surface area contributed by atoms with E-state index in [1.54, 1.807) is 19.1 Å². The topological polar surface area (TPSA) is 92.4 Å². The summed E-state index contributed by atoms with van der Waals surface area (Å²) in [6.45, 7) is 1.62. The molecule has 1 amide bonds. The molecule has 0 fully saturated rings. The molecule has 1 aromatic heterocycles. The first-order chi connectivity index (χ1) is 13.3. The van der Waals surface area contributed by atoms with Crippen molar-refractivity contribution in [2.75, 3.05) is 0 Å². The highest BCUT2D eigenvalue weighted by Gasteiger charge is 2.25. The van der Waals surface area contributed by atoms with Gasteiger partial charge in [0.15, 0.2) is 5.69 Å². The summed E-state index contributed by atoms with van der Waals surface area (Å²) in [7, 11) is 0. The summed E-state index contributed by atoms with van der Waals surface area (Å²) < 4.78 is 5.60. The van der Waals surface area contributed by atoms with E-state index in [9.17, 15) is 14.7 Å². The van der Waals surface area contributed by atoms with Crippen molar-refractivity contribution in [3.63, 3.8) is 0 Å². The first-order valence-electron chi connectivity index (χ1n) is 8.35. The van der Waals surface area contributed by atoms with E-state index in [0.29, 0.717) is 22.2 Å². The molecule has 0 aliphatic heterocycles. The first kappa shape index (κ1) is 19.9. The Hall–Kier alpha value is -2.83. The van der Waals surface area contributed by atoms with Crippen LogP contribution in [0, 0.1) is 6.92 Å². The molecule has 0 saturated heterocycles. The lowest BCUT2D eigenvalue weighted by Gasteiger charge is -2.18. The average molecular weight is 419 g/mol. The third-order valence-electron chi connectivity index (χ3n) is 4.05. The zero-order valence-electron chi connectivity index (χ0n) is 14.8. The number of carboxylic acid groups (broad SMARTS) is 1. The van der Waals surface area contributed by atoms with E-state index in [2.05, 4.69) is 10.3 Å². The number of benzene rings is 2. The summed E-state index contributed by atoms with van der Waals surface area (Å²) in [4.78, 5) is 28.3. The highest BCUT2D eigenvalue weighted by Crippen LogP contribution is 2.29. The van der Waals surface area contributed by atoms with Crippen molar-refractivity contribution < 1.29 is 19.1 Å². The molecule has 0 bridgehead atoms. The molecule has 1 unspecified atom stereocenters. The van der Waals surface area contributed by atoms with Crippen molar-refractivity contribution in [3.8, 4) is 11.5 Å². The van der Waals surface area contributed by atoms with Gasteiger partial charge in [0.1, 0.15) is 5.76 Å². The van der Waals surface area contributed by atoms with Gasteiger partial charge < -0.3 is 14.8 Å². The molecular formula is C20H16Cl2N2O4. The number of hydrogen-bond donors (Lipinski definition) is 2. The van der Waals surface area contributed by atoms with Gasteiger partial charge in [0.05, 0.1) is 12.5 Å². The first-order valence-corrected chi connectivity index (χ1v) is 9.11. The van der Waals surface area contributed by atoms with Crippen LogP contribution in [-0.4, -0.2) is 22.0 Å². The Balaban J connectivity index is 1.88. The monoisotopic (exact) mass is 418 g/mol. The van der Waals surface area contributed by atoms with E-state index in [4.69, 9.17) is 27.6 Å². The Morgan fingerprint density at radius 2 is 1.89 bits per heavy atom. The van der Waals surface area contributed by atoms with Crippen molar-refractivity contribution >= 4 is 35.1 Å². The fraction of sp³-hybridized carbons (Fsp3) is 0.150. The van der Waals surface area contributed by atoms with Crippen LogP contribution in [0.15, 0.2) is 52.9 Å². The third kappa shape index (κ3) is 4.52. The van der Waals surface area contributed by atoms with Gasteiger partial charge in [-0.25, -0.2) is 4.98 Å². The summed E-state index contributed by atoms with van der Waals surface area (Å²) in [5.41, 5.74) is 1.26. The second-order valence-electron chi connectivity index (χ2n) is 6.08. The summed E-state index contributed by atoms with van der Waals surface area (Å²) in [6, 6.07) is 13.0. The number of nitrogens with zero attached hydrogens (tertiary/aromatic N) is 1. The maximum absolute atomic E-state index is 12.8. The number of carbonyl (C=O) groups is 2. The van der Waals surface area contributed by atoms with E-state index in [1.165, 1.54) is 6.07 Å². The minimum Gasteiger partial charge on any atom is -0.481 e. The molecule has 2 N–H and O–H groups in total. The molecule has 1 heterocycles. The Bertz CT molecular complexity index is 1020. The number of carboxylic acids is 1. The van der Waals surface area contributed by atoms with E-state index in [1.807, 2.05) is 30.3 Å². The number of oxazole rings is 1. The van der Waals surface area contributed by atoms with Crippen molar-refractivity contribution in [1.29, 1.82) is 0 Å². The van der Waals surface area contributed by atoms with E-state index in [-0.39, 0.29) is 17.1 Å². The van der Waals surface area contributed by atoms with Crippen LogP contribution in [0.5, 0.6) is 0 Å². The van der Waals surface area contributed by atoms with Gasteiger partial charge in [-0.3, -0.25) is 9.59 Å². The predicted molar refractivity (Wildman–Crippen MR) is 106 cm³/mol. The van der Waals surface area contributed by atoms with Gasteiger partial charge >= 0.3 is 5.97 Å². The minimum absolute atomic E-state index is 0.0827. The van der Waals surface area contributed by atoms with E-state index >= 15 is 0 Å². The third-order valence-corrected chi connectivity index (χ3v) is 4.62. The number of rotatable bonds is 6. The van der Waals surface area contributed by atoms with E-state index < -0.39 is 17.9 Å². The van der Waals surface area contributed by atoms with Gasteiger partial charge in [0.2, 0.25) is 5.89 Å². The van der Waals surface area contributed by atoms with Crippen LogP contribution in [0.4, 0.5) is 0 Å². The second kappa shape index (κ2) is 8.46. The van der Waals surface area contributed by atoms with Gasteiger partial charge in [-0.2, -0.15) is 0 Å². The lowest BCUT2D eigenvalue weighted by Crippen LogP contribution is -2.31. The van der Waals surface area contributed by atoms with Gasteiger partial charge in [0, 0.05) is 15.6 Å². The maximum Gasteiger partial charge on any atom is 0.305 e. The number of nitrogens with one attached hydrogen (secondary N) is 1. The molecule has 0 aliphatic rings. The Morgan fingerprint density at radius 3 is 2.54 bits per heavy atom. The smallest absolute Gasteiger partial charge is 0.305 e. The molecule has 0 aliphatic carbocycles. The average Bonchev–Trinajstić information content (AvgIpc) is 3.03. The number of aryl methyl sites for hydroxylation is 1. The summed E-state index contributed by atoms with van der Waals surface area (Å²) in [5, 5.41) is 12.6. The van der Waals surface area contributed by atoms with Crippen LogP contribution in [0.25, 0.3) is 11.5 Å². The maximum atomic E-state index is 12.8. The number of amides is 1. The lowest BCUT2D eigenvalue weighted by atomic mass is 10.0. The summed E-state index contributed by atoms with van der Waals surface area (Å²) >= 11 is 12.1. The van der Waals surface area contributed by atoms with Crippen LogP contribution in [-0.2, 0) is 4.79 Å². The zero-order chi connectivity index (χ0) is 20.3. The largest absolute Gasteiger partial charge is 0.481 e. The normalized spacial score (nSPS) is 11.8. The molecule has 0 saturated carbocycles. The Kier molecular flexibility index (Phi) is 6.02. The van der Waals surface area contributed by atoms with Crippen LogP contribution >= 0.6 is 23.2 Å². The highest BCUT2D eigenvalue weighted by molar-refractivity contribution is 6.35. The minimum atomic E-state index is -1.09. The number of hydrogen-bond acceptors (Lipinski definition) is 4. The molecule has 6 nitrogen and oxygen atoms in total. The number of halogens is 2. The quantitative estimate of drug-likeness (QED) is 0.593. The predicted octanol–water partition coefficient (Wildman–Crippen LogP) is 4.90. The molecule has 28 heavy (non-hydrogen) atoms. The molecule has 1 atom stereocenters.